The molecule has 3 amide bonds. The Bertz CT molecular complexity index is 949. The van der Waals surface area contributed by atoms with Crippen LogP contribution < -0.4 is 10.6 Å². The highest BCUT2D eigenvalue weighted by Crippen LogP contribution is 2.65. The smallest absolute Gasteiger partial charge is 0.408 e. The van der Waals surface area contributed by atoms with E-state index >= 15 is 0 Å². The SMILES string of the molecule is CC(=O)C(O)C(CC1CCC1)NC(=O)[C@@H]1[C@@H]2[C@H](CN1C(=O)[C@@H](NC(=O)OC(C)(C)C)C1CCCCC1)C2(C)C. The predicted molar refractivity (Wildman–Crippen MR) is 147 cm³/mol. The number of hydrogen-bond donors (Lipinski definition) is 3. The molecule has 9 heteroatoms. The Kier molecular flexibility index (Phi) is 8.70. The van der Waals surface area contributed by atoms with E-state index in [2.05, 4.69) is 24.5 Å². The van der Waals surface area contributed by atoms with Gasteiger partial charge in [-0.3, -0.25) is 14.4 Å². The average molecular weight is 548 g/mol. The molecule has 3 N–H and O–H groups in total. The Balaban J connectivity index is 1.55. The number of rotatable bonds is 9. The van der Waals surface area contributed by atoms with E-state index in [0.29, 0.717) is 18.9 Å². The van der Waals surface area contributed by atoms with Crippen LogP contribution in [-0.4, -0.2) is 70.1 Å². The van der Waals surface area contributed by atoms with Crippen molar-refractivity contribution in [3.63, 3.8) is 0 Å². The maximum absolute atomic E-state index is 14.2. The number of piperidine rings is 1. The van der Waals surface area contributed by atoms with Crippen LogP contribution in [0.4, 0.5) is 4.79 Å². The van der Waals surface area contributed by atoms with E-state index in [0.717, 1.165) is 51.4 Å². The quantitative estimate of drug-likeness (QED) is 0.405. The van der Waals surface area contributed by atoms with Crippen molar-refractivity contribution in [2.45, 2.75) is 129 Å². The molecule has 0 aromatic rings. The van der Waals surface area contributed by atoms with Gasteiger partial charge in [0.1, 0.15) is 23.8 Å². The molecule has 0 radical (unpaired) electrons. The molecular formula is C30H49N3O6. The summed E-state index contributed by atoms with van der Waals surface area (Å²) in [5.41, 5.74) is -0.778. The van der Waals surface area contributed by atoms with Crippen LogP contribution in [0.25, 0.3) is 0 Å². The number of Topliss-reactive ketones (excluding diaryl/α,β-unsaturated/α-hetero) is 1. The van der Waals surface area contributed by atoms with Crippen molar-refractivity contribution in [3.05, 3.63) is 0 Å². The Morgan fingerprint density at radius 2 is 1.64 bits per heavy atom. The van der Waals surface area contributed by atoms with E-state index in [9.17, 15) is 24.3 Å². The normalized spacial score (nSPS) is 28.9. The van der Waals surface area contributed by atoms with E-state index in [1.54, 1.807) is 25.7 Å². The minimum Gasteiger partial charge on any atom is -0.444 e. The molecule has 0 aromatic carbocycles. The van der Waals surface area contributed by atoms with Gasteiger partial charge in [0.2, 0.25) is 11.8 Å². The maximum atomic E-state index is 14.2. The Labute approximate surface area is 233 Å². The lowest BCUT2D eigenvalue weighted by Gasteiger charge is -2.38. The van der Waals surface area contributed by atoms with Crippen molar-refractivity contribution in [3.8, 4) is 0 Å². The Morgan fingerprint density at radius 1 is 1.00 bits per heavy atom. The van der Waals surface area contributed by atoms with Crippen molar-refractivity contribution in [1.29, 1.82) is 0 Å². The number of hydrogen-bond acceptors (Lipinski definition) is 6. The number of likely N-dealkylation sites (tertiary alicyclic amines) is 1. The van der Waals surface area contributed by atoms with E-state index in [4.69, 9.17) is 4.74 Å². The van der Waals surface area contributed by atoms with Crippen molar-refractivity contribution >= 4 is 23.7 Å². The summed E-state index contributed by atoms with van der Waals surface area (Å²) < 4.78 is 5.50. The number of aliphatic hydroxyl groups excluding tert-OH is 1. The first kappa shape index (κ1) is 29.8. The second kappa shape index (κ2) is 11.4. The topological polar surface area (TPSA) is 125 Å². The number of carbonyl (C=O) groups excluding carboxylic acids is 4. The van der Waals surface area contributed by atoms with Crippen LogP contribution in [0.2, 0.25) is 0 Å². The molecule has 4 rings (SSSR count). The number of carbonyl (C=O) groups is 4. The lowest BCUT2D eigenvalue weighted by molar-refractivity contribution is -0.144. The lowest BCUT2D eigenvalue weighted by atomic mass is 9.79. The number of ether oxygens (including phenoxy) is 1. The first-order chi connectivity index (χ1) is 18.2. The molecule has 0 bridgehead atoms. The van der Waals surface area contributed by atoms with Gasteiger partial charge in [-0.25, -0.2) is 4.79 Å². The lowest BCUT2D eigenvalue weighted by Crippen LogP contribution is -2.60. The second-order valence-electron chi connectivity index (χ2n) is 14.1. The zero-order valence-corrected chi connectivity index (χ0v) is 24.6. The van der Waals surface area contributed by atoms with Crippen LogP contribution in [0.15, 0.2) is 0 Å². The van der Waals surface area contributed by atoms with Gasteiger partial charge in [0.05, 0.1) is 6.04 Å². The maximum Gasteiger partial charge on any atom is 0.408 e. The van der Waals surface area contributed by atoms with Crippen molar-refractivity contribution in [1.82, 2.24) is 15.5 Å². The molecule has 0 aromatic heterocycles. The van der Waals surface area contributed by atoms with Gasteiger partial charge < -0.3 is 25.4 Å². The third kappa shape index (κ3) is 6.60. The van der Waals surface area contributed by atoms with Crippen LogP contribution in [0.5, 0.6) is 0 Å². The van der Waals surface area contributed by atoms with Crippen LogP contribution in [0, 0.1) is 29.1 Å². The van der Waals surface area contributed by atoms with Crippen LogP contribution in [0.1, 0.15) is 99.3 Å². The summed E-state index contributed by atoms with van der Waals surface area (Å²) >= 11 is 0. The van der Waals surface area contributed by atoms with Gasteiger partial charge in [-0.05, 0) is 76.0 Å². The summed E-state index contributed by atoms with van der Waals surface area (Å²) in [6, 6.07) is -2.14. The van der Waals surface area contributed by atoms with Gasteiger partial charge in [-0.15, -0.1) is 0 Å². The predicted octanol–water partition coefficient (Wildman–Crippen LogP) is 3.57. The van der Waals surface area contributed by atoms with Gasteiger partial charge in [-0.2, -0.15) is 0 Å². The summed E-state index contributed by atoms with van der Waals surface area (Å²) in [5, 5.41) is 16.5. The fourth-order valence-electron chi connectivity index (χ4n) is 7.18. The number of fused-ring (bicyclic) bond motifs is 1. The summed E-state index contributed by atoms with van der Waals surface area (Å²) in [4.78, 5) is 54.6. The number of aliphatic hydroxyl groups is 1. The molecule has 1 aliphatic heterocycles. The first-order valence-corrected chi connectivity index (χ1v) is 15.0. The van der Waals surface area contributed by atoms with Crippen molar-refractivity contribution < 1.29 is 29.0 Å². The van der Waals surface area contributed by atoms with Gasteiger partial charge in [0, 0.05) is 6.54 Å². The molecule has 4 aliphatic rings. The molecule has 39 heavy (non-hydrogen) atoms. The van der Waals surface area contributed by atoms with E-state index in [1.165, 1.54) is 6.92 Å². The molecule has 0 spiro atoms. The van der Waals surface area contributed by atoms with Gasteiger partial charge in [-0.1, -0.05) is 52.4 Å². The molecule has 220 valence electrons. The third-order valence-electron chi connectivity index (χ3n) is 9.76. The standard InChI is InChI=1S/C30H49N3O6/c1-17(34)25(35)21(15-18-11-10-12-18)31-26(36)24-22-20(30(22,5)6)16-33(24)27(37)23(19-13-8-7-9-14-19)32-28(38)39-29(2,3)4/h18-25,35H,7-16H2,1-6H3,(H,31,36)(H,32,38)/t20-,21?,22-,23-,24-,25?/m0/s1. The zero-order valence-electron chi connectivity index (χ0n) is 24.6. The number of ketones is 1. The summed E-state index contributed by atoms with van der Waals surface area (Å²) in [7, 11) is 0. The third-order valence-corrected chi connectivity index (χ3v) is 9.76. The van der Waals surface area contributed by atoms with Crippen LogP contribution in [0.3, 0.4) is 0 Å². The number of nitrogens with one attached hydrogen (secondary N) is 2. The van der Waals surface area contributed by atoms with E-state index in [-0.39, 0.29) is 40.8 Å². The summed E-state index contributed by atoms with van der Waals surface area (Å²) in [6.07, 6.45) is 6.62. The highest BCUT2D eigenvalue weighted by Gasteiger charge is 2.69. The molecule has 4 fully saturated rings. The first-order valence-electron chi connectivity index (χ1n) is 15.0. The second-order valence-corrected chi connectivity index (χ2v) is 14.1. The van der Waals surface area contributed by atoms with Crippen LogP contribution >= 0.6 is 0 Å². The fraction of sp³-hybridized carbons (Fsp3) is 0.867. The summed E-state index contributed by atoms with van der Waals surface area (Å²) in [5.74, 6) is -0.378. The minimum atomic E-state index is -1.27. The molecule has 3 saturated carbocycles. The highest BCUT2D eigenvalue weighted by molar-refractivity contribution is 5.93. The van der Waals surface area contributed by atoms with Gasteiger partial charge >= 0.3 is 6.09 Å². The van der Waals surface area contributed by atoms with Gasteiger partial charge in [0.15, 0.2) is 5.78 Å². The summed E-state index contributed by atoms with van der Waals surface area (Å²) in [6.45, 7) is 11.4. The highest BCUT2D eigenvalue weighted by atomic mass is 16.6. The molecule has 6 atom stereocenters. The Morgan fingerprint density at radius 3 is 2.18 bits per heavy atom. The van der Waals surface area contributed by atoms with E-state index < -0.39 is 35.9 Å². The van der Waals surface area contributed by atoms with Gasteiger partial charge in [0.25, 0.3) is 0 Å². The molecule has 3 aliphatic carbocycles. The van der Waals surface area contributed by atoms with Crippen molar-refractivity contribution in [2.24, 2.45) is 29.1 Å². The fourth-order valence-corrected chi connectivity index (χ4v) is 7.18. The molecular weight excluding hydrogens is 498 g/mol. The Hall–Kier alpha value is -2.16. The number of alkyl carbamates (subject to hydrolysis) is 1. The largest absolute Gasteiger partial charge is 0.444 e. The molecule has 1 heterocycles. The average Bonchev–Trinajstić information content (AvgIpc) is 3.15. The zero-order chi connectivity index (χ0) is 28.7. The number of nitrogens with zero attached hydrogens (tertiary/aromatic N) is 1. The number of amides is 3. The monoisotopic (exact) mass is 547 g/mol. The van der Waals surface area contributed by atoms with Crippen LogP contribution in [-0.2, 0) is 19.1 Å². The van der Waals surface area contributed by atoms with E-state index in [1.807, 2.05) is 0 Å². The molecule has 1 saturated heterocycles. The minimum absolute atomic E-state index is 0.00573. The van der Waals surface area contributed by atoms with Crippen molar-refractivity contribution in [2.75, 3.05) is 6.54 Å². The molecule has 2 unspecified atom stereocenters. The molecule has 9 nitrogen and oxygen atoms in total.